The fraction of sp³-hybridized carbons (Fsp3) is 0.318. The summed E-state index contributed by atoms with van der Waals surface area (Å²) in [6.45, 7) is 7.16. The van der Waals surface area contributed by atoms with Crippen molar-refractivity contribution in [3.63, 3.8) is 0 Å². The monoisotopic (exact) mass is 404 g/mol. The fourth-order valence-corrected chi connectivity index (χ4v) is 3.48. The van der Waals surface area contributed by atoms with E-state index in [1.807, 2.05) is 39.0 Å². The van der Waals surface area contributed by atoms with Gasteiger partial charge in [0.2, 0.25) is 11.8 Å². The average Bonchev–Trinajstić information content (AvgIpc) is 3.10. The van der Waals surface area contributed by atoms with Crippen molar-refractivity contribution in [2.24, 2.45) is 0 Å². The first-order valence-corrected chi connectivity index (χ1v) is 9.71. The largest absolute Gasteiger partial charge is 0.350 e. The van der Waals surface area contributed by atoms with Crippen LogP contribution in [0.1, 0.15) is 54.4 Å². The molecule has 2 heterocycles. The van der Waals surface area contributed by atoms with Crippen LogP contribution in [0.2, 0.25) is 0 Å². The summed E-state index contributed by atoms with van der Waals surface area (Å²) in [5, 5.41) is 19.2. The van der Waals surface area contributed by atoms with Crippen LogP contribution < -0.4 is 10.6 Å². The van der Waals surface area contributed by atoms with Crippen molar-refractivity contribution in [1.29, 1.82) is 5.26 Å². The second-order valence-electron chi connectivity index (χ2n) is 7.26. The van der Waals surface area contributed by atoms with Crippen LogP contribution in [0.15, 0.2) is 30.5 Å². The van der Waals surface area contributed by atoms with Crippen molar-refractivity contribution >= 4 is 23.1 Å². The molecule has 0 saturated carbocycles. The number of nitrogens with zero attached hydrogens (tertiary/aromatic N) is 4. The Labute approximate surface area is 174 Å². The van der Waals surface area contributed by atoms with Crippen molar-refractivity contribution in [3.05, 3.63) is 58.5 Å². The molecular formula is C22H24N6O2. The molecule has 0 aliphatic rings. The van der Waals surface area contributed by atoms with Crippen LogP contribution in [0.5, 0.6) is 0 Å². The quantitative estimate of drug-likeness (QED) is 0.656. The number of anilines is 1. The van der Waals surface area contributed by atoms with Crippen LogP contribution in [0.3, 0.4) is 0 Å². The predicted molar refractivity (Wildman–Crippen MR) is 113 cm³/mol. The maximum atomic E-state index is 12.5. The van der Waals surface area contributed by atoms with Crippen molar-refractivity contribution in [2.75, 3.05) is 5.32 Å². The van der Waals surface area contributed by atoms with Gasteiger partial charge in [-0.25, -0.2) is 9.50 Å². The van der Waals surface area contributed by atoms with Crippen molar-refractivity contribution < 1.29 is 9.59 Å². The molecule has 3 aromatic rings. The zero-order valence-corrected chi connectivity index (χ0v) is 17.5. The number of hydrogen-bond acceptors (Lipinski definition) is 5. The van der Waals surface area contributed by atoms with Crippen molar-refractivity contribution in [2.45, 2.75) is 46.6 Å². The SMILES string of the molecule is CC(=O)Nc1cccc(C(C)NC(=O)CCc2c(C)nc3c(C#N)cnn3c2C)c1. The smallest absolute Gasteiger partial charge is 0.221 e. The lowest BCUT2D eigenvalue weighted by Gasteiger charge is -2.16. The third kappa shape index (κ3) is 4.46. The molecule has 154 valence electrons. The maximum absolute atomic E-state index is 12.5. The summed E-state index contributed by atoms with van der Waals surface area (Å²) in [5.74, 6) is -0.219. The molecule has 0 aliphatic heterocycles. The molecule has 0 saturated heterocycles. The number of rotatable bonds is 6. The number of benzene rings is 1. The van der Waals surface area contributed by atoms with Gasteiger partial charge in [0.05, 0.1) is 12.2 Å². The molecule has 0 aliphatic carbocycles. The molecule has 3 rings (SSSR count). The first-order valence-electron chi connectivity index (χ1n) is 9.71. The number of nitrogens with one attached hydrogen (secondary N) is 2. The number of fused-ring (bicyclic) bond motifs is 1. The van der Waals surface area contributed by atoms with E-state index in [1.54, 1.807) is 10.6 Å². The van der Waals surface area contributed by atoms with E-state index in [9.17, 15) is 14.9 Å². The van der Waals surface area contributed by atoms with E-state index in [0.29, 0.717) is 29.7 Å². The molecule has 0 bridgehead atoms. The van der Waals surface area contributed by atoms with Gasteiger partial charge in [0, 0.05) is 30.4 Å². The number of amides is 2. The number of nitriles is 1. The molecule has 8 heteroatoms. The van der Waals surface area contributed by atoms with Gasteiger partial charge < -0.3 is 10.6 Å². The van der Waals surface area contributed by atoms with Crippen LogP contribution in [0.4, 0.5) is 5.69 Å². The van der Waals surface area contributed by atoms with Crippen molar-refractivity contribution in [3.8, 4) is 6.07 Å². The van der Waals surface area contributed by atoms with Crippen LogP contribution in [-0.4, -0.2) is 26.4 Å². The lowest BCUT2D eigenvalue weighted by molar-refractivity contribution is -0.121. The topological polar surface area (TPSA) is 112 Å². The third-order valence-corrected chi connectivity index (χ3v) is 5.02. The highest BCUT2D eigenvalue weighted by molar-refractivity contribution is 5.88. The predicted octanol–water partition coefficient (Wildman–Crippen LogP) is 2.99. The fourth-order valence-electron chi connectivity index (χ4n) is 3.48. The Hall–Kier alpha value is -3.73. The van der Waals surface area contributed by atoms with E-state index in [-0.39, 0.29) is 17.9 Å². The van der Waals surface area contributed by atoms with Gasteiger partial charge in [-0.05, 0) is 50.5 Å². The molecule has 0 spiro atoms. The van der Waals surface area contributed by atoms with E-state index >= 15 is 0 Å². The first-order chi connectivity index (χ1) is 14.3. The number of hydrogen-bond donors (Lipinski definition) is 2. The molecule has 1 aromatic carbocycles. The lowest BCUT2D eigenvalue weighted by atomic mass is 10.0. The highest BCUT2D eigenvalue weighted by Gasteiger charge is 2.16. The summed E-state index contributed by atoms with van der Waals surface area (Å²) in [6.07, 6.45) is 2.33. The molecule has 0 radical (unpaired) electrons. The van der Waals surface area contributed by atoms with Gasteiger partial charge in [0.25, 0.3) is 0 Å². The van der Waals surface area contributed by atoms with Crippen LogP contribution in [0, 0.1) is 25.2 Å². The average molecular weight is 404 g/mol. The van der Waals surface area contributed by atoms with E-state index in [0.717, 1.165) is 22.5 Å². The van der Waals surface area contributed by atoms with Crippen LogP contribution >= 0.6 is 0 Å². The van der Waals surface area contributed by atoms with Gasteiger partial charge in [0.1, 0.15) is 11.6 Å². The normalized spacial score (nSPS) is 11.7. The second-order valence-corrected chi connectivity index (χ2v) is 7.26. The summed E-state index contributed by atoms with van der Waals surface area (Å²) in [6, 6.07) is 9.31. The van der Waals surface area contributed by atoms with E-state index in [2.05, 4.69) is 26.8 Å². The van der Waals surface area contributed by atoms with Gasteiger partial charge in [-0.2, -0.15) is 10.4 Å². The zero-order chi connectivity index (χ0) is 21.8. The Balaban J connectivity index is 1.68. The number of aryl methyl sites for hydroxylation is 2. The van der Waals surface area contributed by atoms with E-state index in [1.165, 1.54) is 13.1 Å². The zero-order valence-electron chi connectivity index (χ0n) is 17.5. The summed E-state index contributed by atoms with van der Waals surface area (Å²) in [7, 11) is 0. The molecular weight excluding hydrogens is 380 g/mol. The highest BCUT2D eigenvalue weighted by atomic mass is 16.2. The van der Waals surface area contributed by atoms with Gasteiger partial charge >= 0.3 is 0 Å². The standard InChI is InChI=1S/C22H24N6O2/c1-13(17-6-5-7-19(10-17)27-16(4)29)25-21(30)9-8-20-14(2)26-22-18(11-23)12-24-28(22)15(20)3/h5-7,10,12-13H,8-9H2,1-4H3,(H,25,30)(H,27,29). The van der Waals surface area contributed by atoms with E-state index in [4.69, 9.17) is 0 Å². The van der Waals surface area contributed by atoms with Crippen LogP contribution in [0.25, 0.3) is 5.65 Å². The number of carbonyl (C=O) groups is 2. The summed E-state index contributed by atoms with van der Waals surface area (Å²) >= 11 is 0. The van der Waals surface area contributed by atoms with Gasteiger partial charge in [-0.1, -0.05) is 12.1 Å². The van der Waals surface area contributed by atoms with Gasteiger partial charge in [-0.15, -0.1) is 0 Å². The lowest BCUT2D eigenvalue weighted by Crippen LogP contribution is -2.27. The van der Waals surface area contributed by atoms with E-state index < -0.39 is 0 Å². The van der Waals surface area contributed by atoms with Gasteiger partial charge in [-0.3, -0.25) is 9.59 Å². The number of aromatic nitrogens is 3. The third-order valence-electron chi connectivity index (χ3n) is 5.02. The molecule has 2 aromatic heterocycles. The Kier molecular flexibility index (Phi) is 6.11. The first kappa shape index (κ1) is 21.0. The summed E-state index contributed by atoms with van der Waals surface area (Å²) in [4.78, 5) is 28.3. The Bertz CT molecular complexity index is 1160. The highest BCUT2D eigenvalue weighted by Crippen LogP contribution is 2.20. The molecule has 1 unspecified atom stereocenters. The Morgan fingerprint density at radius 1 is 1.30 bits per heavy atom. The Morgan fingerprint density at radius 2 is 2.07 bits per heavy atom. The maximum Gasteiger partial charge on any atom is 0.221 e. The summed E-state index contributed by atoms with van der Waals surface area (Å²) in [5.41, 5.74) is 5.19. The van der Waals surface area contributed by atoms with Gasteiger partial charge in [0.15, 0.2) is 5.65 Å². The second kappa shape index (κ2) is 8.74. The minimum atomic E-state index is -0.196. The summed E-state index contributed by atoms with van der Waals surface area (Å²) < 4.78 is 1.65. The van der Waals surface area contributed by atoms with Crippen LogP contribution in [-0.2, 0) is 16.0 Å². The molecule has 8 nitrogen and oxygen atoms in total. The Morgan fingerprint density at radius 3 is 2.77 bits per heavy atom. The molecule has 1 atom stereocenters. The molecule has 0 fully saturated rings. The minimum absolute atomic E-state index is 0.0792. The molecule has 2 amide bonds. The van der Waals surface area contributed by atoms with Crippen molar-refractivity contribution in [1.82, 2.24) is 19.9 Å². The number of carbonyl (C=O) groups excluding carboxylic acids is 2. The molecule has 2 N–H and O–H groups in total. The molecule has 30 heavy (non-hydrogen) atoms. The minimum Gasteiger partial charge on any atom is -0.350 e.